The Balaban J connectivity index is 0.000000497. The van der Waals surface area contributed by atoms with Crippen molar-refractivity contribution >= 4 is 17.3 Å². The van der Waals surface area contributed by atoms with Gasteiger partial charge in [-0.25, -0.2) is 0 Å². The van der Waals surface area contributed by atoms with Gasteiger partial charge in [-0.1, -0.05) is 102 Å². The molecule has 3 heteroatoms. The van der Waals surface area contributed by atoms with E-state index in [2.05, 4.69) is 65.0 Å². The van der Waals surface area contributed by atoms with Crippen LogP contribution in [0, 0.1) is 31.6 Å². The molecular formula is C35H52O3. The SMILES string of the molecule is CCC.CCCC(CC1CC(=O)c2c(C)cccc2C1)C(CC)C(=O)CC(C)=O.CCc1ccc(C)cc1. The van der Waals surface area contributed by atoms with Crippen LogP contribution in [0.4, 0.5) is 0 Å². The maximum absolute atomic E-state index is 12.7. The Labute approximate surface area is 232 Å². The first kappa shape index (κ1) is 33.5. The highest BCUT2D eigenvalue weighted by molar-refractivity contribution is 6.00. The number of ketones is 3. The topological polar surface area (TPSA) is 51.2 Å². The molecule has 0 saturated carbocycles. The summed E-state index contributed by atoms with van der Waals surface area (Å²) in [5.41, 5.74) is 5.90. The zero-order chi connectivity index (χ0) is 28.7. The number of Topliss-reactive ketones (excluding diaryl/α,β-unsaturated/α-hetero) is 3. The van der Waals surface area contributed by atoms with Crippen LogP contribution in [-0.4, -0.2) is 17.3 Å². The van der Waals surface area contributed by atoms with Crippen molar-refractivity contribution in [2.45, 2.75) is 113 Å². The number of aryl methyl sites for hydroxylation is 3. The molecule has 0 amide bonds. The lowest BCUT2D eigenvalue weighted by Crippen LogP contribution is -2.29. The minimum atomic E-state index is -0.0622. The fraction of sp³-hybridized carbons (Fsp3) is 0.571. The Morgan fingerprint density at radius 1 is 0.921 bits per heavy atom. The van der Waals surface area contributed by atoms with Gasteiger partial charge in [-0.05, 0) is 75.0 Å². The maximum atomic E-state index is 12.7. The first-order chi connectivity index (χ1) is 18.1. The van der Waals surface area contributed by atoms with Gasteiger partial charge in [0, 0.05) is 17.9 Å². The lowest BCUT2D eigenvalue weighted by molar-refractivity contribution is -0.129. The zero-order valence-corrected chi connectivity index (χ0v) is 25.4. The molecule has 0 bridgehead atoms. The summed E-state index contributed by atoms with van der Waals surface area (Å²) in [6.45, 7) is 16.2. The molecule has 2 aromatic rings. The van der Waals surface area contributed by atoms with Gasteiger partial charge in [0.2, 0.25) is 0 Å². The second kappa shape index (κ2) is 17.9. The molecule has 2 aromatic carbocycles. The van der Waals surface area contributed by atoms with Crippen LogP contribution in [0.2, 0.25) is 0 Å². The second-order valence-corrected chi connectivity index (χ2v) is 11.0. The van der Waals surface area contributed by atoms with Crippen LogP contribution in [-0.2, 0) is 22.4 Å². The third-order valence-corrected chi connectivity index (χ3v) is 7.29. The Bertz CT molecular complexity index is 1000. The molecule has 0 spiro atoms. The van der Waals surface area contributed by atoms with Gasteiger partial charge in [0.15, 0.2) is 5.78 Å². The molecule has 3 nitrogen and oxygen atoms in total. The van der Waals surface area contributed by atoms with E-state index >= 15 is 0 Å². The lowest BCUT2D eigenvalue weighted by atomic mass is 9.72. The molecule has 3 atom stereocenters. The Morgan fingerprint density at radius 3 is 2.08 bits per heavy atom. The number of carbonyl (C=O) groups is 3. The van der Waals surface area contributed by atoms with Crippen molar-refractivity contribution in [2.75, 3.05) is 0 Å². The molecule has 0 fully saturated rings. The van der Waals surface area contributed by atoms with Gasteiger partial charge in [0.25, 0.3) is 0 Å². The van der Waals surface area contributed by atoms with E-state index in [0.29, 0.717) is 12.3 Å². The molecule has 0 N–H and O–H groups in total. The molecule has 0 aromatic heterocycles. The average molecular weight is 521 g/mol. The number of fused-ring (bicyclic) bond motifs is 1. The van der Waals surface area contributed by atoms with Gasteiger partial charge in [-0.2, -0.15) is 0 Å². The summed E-state index contributed by atoms with van der Waals surface area (Å²) in [7, 11) is 0. The van der Waals surface area contributed by atoms with Gasteiger partial charge < -0.3 is 0 Å². The van der Waals surface area contributed by atoms with Crippen LogP contribution in [0.5, 0.6) is 0 Å². The highest BCUT2D eigenvalue weighted by Gasteiger charge is 2.32. The van der Waals surface area contributed by atoms with E-state index < -0.39 is 0 Å². The second-order valence-electron chi connectivity index (χ2n) is 11.0. The summed E-state index contributed by atoms with van der Waals surface area (Å²) >= 11 is 0. The summed E-state index contributed by atoms with van der Waals surface area (Å²) in [6, 6.07) is 14.8. The first-order valence-corrected chi connectivity index (χ1v) is 14.8. The molecule has 38 heavy (non-hydrogen) atoms. The molecule has 1 aliphatic carbocycles. The molecule has 210 valence electrons. The number of rotatable bonds is 10. The summed E-state index contributed by atoms with van der Waals surface area (Å²) < 4.78 is 0. The monoisotopic (exact) mass is 520 g/mol. The van der Waals surface area contributed by atoms with Gasteiger partial charge >= 0.3 is 0 Å². The number of hydrogen-bond acceptors (Lipinski definition) is 3. The van der Waals surface area contributed by atoms with E-state index in [0.717, 1.165) is 55.2 Å². The van der Waals surface area contributed by atoms with E-state index in [4.69, 9.17) is 0 Å². The van der Waals surface area contributed by atoms with E-state index in [1.54, 1.807) is 0 Å². The summed E-state index contributed by atoms with van der Waals surface area (Å²) in [5, 5.41) is 0. The smallest absolute Gasteiger partial charge is 0.163 e. The Kier molecular flexibility index (Phi) is 15.7. The minimum absolute atomic E-state index is 0.0460. The molecule has 0 heterocycles. The molecule has 1 aliphatic rings. The average Bonchev–Trinajstić information content (AvgIpc) is 2.85. The standard InChI is InChI=1S/C23H32O3.C9H12.C3H8/c1-5-8-18(20(6-2)21(25)11-16(4)24)12-17-13-19-10-7-9-15(3)23(19)22(26)14-17;1-3-9-6-4-8(2)5-7-9;1-3-2/h7,9-10,17-18,20H,5-6,8,11-14H2,1-4H3;4-7H,3H2,1-2H3;3H2,1-2H3. The van der Waals surface area contributed by atoms with Crippen molar-refractivity contribution in [1.29, 1.82) is 0 Å². The highest BCUT2D eigenvalue weighted by atomic mass is 16.1. The quantitative estimate of drug-likeness (QED) is 0.294. The largest absolute Gasteiger partial charge is 0.300 e. The number of hydrogen-bond donors (Lipinski definition) is 0. The lowest BCUT2D eigenvalue weighted by Gasteiger charge is -2.31. The van der Waals surface area contributed by atoms with Crippen LogP contribution < -0.4 is 0 Å². The fourth-order valence-corrected chi connectivity index (χ4v) is 5.52. The number of carbonyl (C=O) groups excluding carboxylic acids is 3. The van der Waals surface area contributed by atoms with Gasteiger partial charge in [0.1, 0.15) is 11.6 Å². The minimum Gasteiger partial charge on any atom is -0.300 e. The Hall–Kier alpha value is -2.55. The molecule has 0 aliphatic heterocycles. The van der Waals surface area contributed by atoms with Crippen molar-refractivity contribution in [2.24, 2.45) is 17.8 Å². The van der Waals surface area contributed by atoms with Crippen molar-refractivity contribution in [3.63, 3.8) is 0 Å². The third kappa shape index (κ3) is 11.1. The van der Waals surface area contributed by atoms with Gasteiger partial charge in [-0.3, -0.25) is 14.4 Å². The fourth-order valence-electron chi connectivity index (χ4n) is 5.52. The van der Waals surface area contributed by atoms with E-state index in [1.165, 1.54) is 24.5 Å². The van der Waals surface area contributed by atoms with Crippen LogP contribution in [0.1, 0.15) is 119 Å². The zero-order valence-electron chi connectivity index (χ0n) is 25.4. The molecular weight excluding hydrogens is 468 g/mol. The van der Waals surface area contributed by atoms with Crippen LogP contribution in [0.15, 0.2) is 42.5 Å². The molecule has 3 unspecified atom stereocenters. The van der Waals surface area contributed by atoms with Crippen LogP contribution in [0.25, 0.3) is 0 Å². The van der Waals surface area contributed by atoms with Crippen molar-refractivity contribution in [3.8, 4) is 0 Å². The predicted molar refractivity (Wildman–Crippen MR) is 161 cm³/mol. The maximum Gasteiger partial charge on any atom is 0.163 e. The van der Waals surface area contributed by atoms with E-state index in [-0.39, 0.29) is 35.6 Å². The van der Waals surface area contributed by atoms with Crippen LogP contribution in [0.3, 0.4) is 0 Å². The summed E-state index contributed by atoms with van der Waals surface area (Å²) in [4.78, 5) is 36.6. The van der Waals surface area contributed by atoms with Crippen LogP contribution >= 0.6 is 0 Å². The van der Waals surface area contributed by atoms with Crippen molar-refractivity contribution in [3.05, 3.63) is 70.3 Å². The third-order valence-electron chi connectivity index (χ3n) is 7.29. The highest BCUT2D eigenvalue weighted by Crippen LogP contribution is 2.36. The van der Waals surface area contributed by atoms with E-state index in [1.807, 2.05) is 26.0 Å². The molecule has 3 rings (SSSR count). The molecule has 0 saturated heterocycles. The summed E-state index contributed by atoms with van der Waals surface area (Å²) in [5.74, 6) is 0.770. The predicted octanol–water partition coefficient (Wildman–Crippen LogP) is 9.09. The van der Waals surface area contributed by atoms with Crippen molar-refractivity contribution in [1.82, 2.24) is 0 Å². The normalized spacial score (nSPS) is 15.7. The Morgan fingerprint density at radius 2 is 1.55 bits per heavy atom. The van der Waals surface area contributed by atoms with E-state index in [9.17, 15) is 14.4 Å². The molecule has 0 radical (unpaired) electrons. The van der Waals surface area contributed by atoms with Crippen molar-refractivity contribution < 1.29 is 14.4 Å². The summed E-state index contributed by atoms with van der Waals surface area (Å²) in [6.07, 6.45) is 7.60. The van der Waals surface area contributed by atoms with Gasteiger partial charge in [0.05, 0.1) is 6.42 Å². The number of benzene rings is 2. The first-order valence-electron chi connectivity index (χ1n) is 14.8. The van der Waals surface area contributed by atoms with Gasteiger partial charge in [-0.15, -0.1) is 0 Å².